The van der Waals surface area contributed by atoms with Crippen molar-refractivity contribution >= 4 is 34.1 Å². The zero-order valence-electron chi connectivity index (χ0n) is 11.6. The van der Waals surface area contributed by atoms with Crippen molar-refractivity contribution in [2.45, 2.75) is 12.8 Å². The molecule has 1 aliphatic carbocycles. The van der Waals surface area contributed by atoms with Crippen LogP contribution in [0.15, 0.2) is 0 Å². The second kappa shape index (κ2) is 6.08. The Kier molecular flexibility index (Phi) is 4.43. The van der Waals surface area contributed by atoms with Gasteiger partial charge in [-0.05, 0) is 12.8 Å². The summed E-state index contributed by atoms with van der Waals surface area (Å²) < 4.78 is 0. The predicted molar refractivity (Wildman–Crippen MR) is 78.9 cm³/mol. The molecular weight excluding hydrogens is 278 g/mol. The molecule has 8 heteroatoms. The van der Waals surface area contributed by atoms with Gasteiger partial charge in [-0.25, -0.2) is 4.98 Å². The minimum absolute atomic E-state index is 0.0754. The fourth-order valence-corrected chi connectivity index (χ4v) is 2.43. The number of amides is 2. The zero-order chi connectivity index (χ0) is 14.7. The highest BCUT2D eigenvalue weighted by Gasteiger charge is 2.29. The summed E-state index contributed by atoms with van der Waals surface area (Å²) in [7, 11) is 3.68. The van der Waals surface area contributed by atoms with E-state index in [9.17, 15) is 9.59 Å². The average Bonchev–Trinajstić information content (AvgIpc) is 3.17. The summed E-state index contributed by atoms with van der Waals surface area (Å²) in [6.45, 7) is 0.812. The van der Waals surface area contributed by atoms with Gasteiger partial charge in [0, 0.05) is 33.1 Å². The summed E-state index contributed by atoms with van der Waals surface area (Å²) in [5.74, 6) is 0.240. The molecule has 1 aromatic rings. The van der Waals surface area contributed by atoms with Crippen molar-refractivity contribution in [3.8, 4) is 0 Å². The van der Waals surface area contributed by atoms with Crippen molar-refractivity contribution in [1.82, 2.24) is 15.6 Å². The molecule has 1 fully saturated rings. The number of nitrogens with zero attached hydrogens (tertiary/aromatic N) is 2. The lowest BCUT2D eigenvalue weighted by Crippen LogP contribution is -2.35. The zero-order valence-corrected chi connectivity index (χ0v) is 12.4. The van der Waals surface area contributed by atoms with E-state index < -0.39 is 0 Å². The second-order valence-electron chi connectivity index (χ2n) is 4.93. The summed E-state index contributed by atoms with van der Waals surface area (Å²) in [6.07, 6.45) is 1.95. The first-order chi connectivity index (χ1) is 9.49. The molecule has 0 atom stereocenters. The molecule has 2 amide bonds. The third-order valence-corrected chi connectivity index (χ3v) is 4.13. The first-order valence-corrected chi connectivity index (χ1v) is 7.30. The molecule has 0 aliphatic heterocycles. The van der Waals surface area contributed by atoms with E-state index >= 15 is 0 Å². The molecule has 0 radical (unpaired) electrons. The van der Waals surface area contributed by atoms with Gasteiger partial charge < -0.3 is 21.3 Å². The fourth-order valence-electron chi connectivity index (χ4n) is 1.61. The highest BCUT2D eigenvalue weighted by Crippen LogP contribution is 2.28. The van der Waals surface area contributed by atoms with Crippen LogP contribution >= 0.6 is 11.3 Å². The molecule has 0 spiro atoms. The SMILES string of the molecule is CN(C)c1nc(N)c(C(=O)NCCNC(=O)C2CC2)s1. The van der Waals surface area contributed by atoms with Crippen molar-refractivity contribution in [3.63, 3.8) is 0 Å². The number of nitrogens with two attached hydrogens (primary N) is 1. The minimum atomic E-state index is -0.256. The van der Waals surface area contributed by atoms with E-state index in [-0.39, 0.29) is 23.6 Å². The van der Waals surface area contributed by atoms with Gasteiger partial charge in [-0.3, -0.25) is 9.59 Å². The normalized spacial score (nSPS) is 13.9. The van der Waals surface area contributed by atoms with E-state index in [4.69, 9.17) is 5.73 Å². The van der Waals surface area contributed by atoms with E-state index in [1.54, 1.807) is 4.90 Å². The second-order valence-corrected chi connectivity index (χ2v) is 5.90. The van der Waals surface area contributed by atoms with Crippen LogP contribution in [-0.2, 0) is 4.79 Å². The van der Waals surface area contributed by atoms with Crippen LogP contribution in [0.3, 0.4) is 0 Å². The largest absolute Gasteiger partial charge is 0.382 e. The first kappa shape index (κ1) is 14.6. The van der Waals surface area contributed by atoms with Crippen LogP contribution in [0, 0.1) is 5.92 Å². The van der Waals surface area contributed by atoms with Gasteiger partial charge in [0.15, 0.2) is 5.13 Å². The number of rotatable bonds is 6. The number of aromatic nitrogens is 1. The van der Waals surface area contributed by atoms with Crippen molar-refractivity contribution in [3.05, 3.63) is 4.88 Å². The topological polar surface area (TPSA) is 100 Å². The average molecular weight is 297 g/mol. The summed E-state index contributed by atoms with van der Waals surface area (Å²) in [4.78, 5) is 29.7. The van der Waals surface area contributed by atoms with Gasteiger partial charge in [-0.15, -0.1) is 0 Å². The Morgan fingerprint density at radius 2 is 2.00 bits per heavy atom. The van der Waals surface area contributed by atoms with Crippen LogP contribution < -0.4 is 21.3 Å². The molecule has 1 saturated carbocycles. The Balaban J connectivity index is 1.77. The molecule has 0 bridgehead atoms. The number of hydrogen-bond acceptors (Lipinski definition) is 6. The molecule has 2 rings (SSSR count). The number of nitrogens with one attached hydrogen (secondary N) is 2. The van der Waals surface area contributed by atoms with Crippen LogP contribution in [0.1, 0.15) is 22.5 Å². The smallest absolute Gasteiger partial charge is 0.265 e. The van der Waals surface area contributed by atoms with E-state index in [0.717, 1.165) is 12.8 Å². The highest BCUT2D eigenvalue weighted by atomic mass is 32.1. The van der Waals surface area contributed by atoms with E-state index in [1.807, 2.05) is 14.1 Å². The van der Waals surface area contributed by atoms with Crippen molar-refractivity contribution < 1.29 is 9.59 Å². The first-order valence-electron chi connectivity index (χ1n) is 6.48. The highest BCUT2D eigenvalue weighted by molar-refractivity contribution is 7.18. The summed E-state index contributed by atoms with van der Waals surface area (Å²) in [5, 5.41) is 6.20. The van der Waals surface area contributed by atoms with Crippen LogP contribution in [0.25, 0.3) is 0 Å². The number of hydrogen-bond donors (Lipinski definition) is 3. The Hall–Kier alpha value is -1.83. The fraction of sp³-hybridized carbons (Fsp3) is 0.583. The summed E-state index contributed by atoms with van der Waals surface area (Å²) >= 11 is 1.25. The molecule has 1 heterocycles. The molecule has 1 aliphatic rings. The number of carbonyl (C=O) groups excluding carboxylic acids is 2. The maximum atomic E-state index is 11.9. The molecule has 0 unspecified atom stereocenters. The van der Waals surface area contributed by atoms with Crippen molar-refractivity contribution in [1.29, 1.82) is 0 Å². The molecule has 4 N–H and O–H groups in total. The lowest BCUT2D eigenvalue weighted by molar-refractivity contribution is -0.122. The number of carbonyl (C=O) groups is 2. The molecule has 110 valence electrons. The quantitative estimate of drug-likeness (QED) is 0.644. The monoisotopic (exact) mass is 297 g/mol. The van der Waals surface area contributed by atoms with E-state index in [2.05, 4.69) is 15.6 Å². The lowest BCUT2D eigenvalue weighted by atomic mass is 10.4. The summed E-state index contributed by atoms with van der Waals surface area (Å²) in [5.41, 5.74) is 5.72. The van der Waals surface area contributed by atoms with Gasteiger partial charge in [-0.2, -0.15) is 0 Å². The van der Waals surface area contributed by atoms with E-state index in [1.165, 1.54) is 11.3 Å². The van der Waals surface area contributed by atoms with Gasteiger partial charge in [0.2, 0.25) is 5.91 Å². The third-order valence-electron chi connectivity index (χ3n) is 2.89. The van der Waals surface area contributed by atoms with Crippen LogP contribution in [0.2, 0.25) is 0 Å². The Bertz CT molecular complexity index is 510. The van der Waals surface area contributed by atoms with Crippen molar-refractivity contribution in [2.24, 2.45) is 5.92 Å². The van der Waals surface area contributed by atoms with Crippen LogP contribution in [0.4, 0.5) is 10.9 Å². The van der Waals surface area contributed by atoms with Crippen LogP contribution in [-0.4, -0.2) is 44.0 Å². The number of nitrogen functional groups attached to an aromatic ring is 1. The molecule has 0 saturated heterocycles. The van der Waals surface area contributed by atoms with Gasteiger partial charge >= 0.3 is 0 Å². The Morgan fingerprint density at radius 1 is 1.35 bits per heavy atom. The standard InChI is InChI=1S/C12H19N5O2S/c1-17(2)12-16-9(13)8(20-12)11(19)15-6-5-14-10(18)7-3-4-7/h7H,3-6,13H2,1-2H3,(H,14,18)(H,15,19). The predicted octanol–water partition coefficient (Wildman–Crippen LogP) is 0.0473. The number of thiazole rings is 1. The van der Waals surface area contributed by atoms with E-state index in [0.29, 0.717) is 23.1 Å². The number of anilines is 2. The van der Waals surface area contributed by atoms with Crippen molar-refractivity contribution in [2.75, 3.05) is 37.8 Å². The maximum absolute atomic E-state index is 11.9. The maximum Gasteiger partial charge on any atom is 0.265 e. The molecule has 0 aromatic carbocycles. The lowest BCUT2D eigenvalue weighted by Gasteiger charge is -2.06. The third kappa shape index (κ3) is 3.60. The van der Waals surface area contributed by atoms with Gasteiger partial charge in [-0.1, -0.05) is 11.3 Å². The Morgan fingerprint density at radius 3 is 2.55 bits per heavy atom. The summed E-state index contributed by atoms with van der Waals surface area (Å²) in [6, 6.07) is 0. The molecule has 7 nitrogen and oxygen atoms in total. The minimum Gasteiger partial charge on any atom is -0.382 e. The Labute approximate surface area is 121 Å². The molecule has 20 heavy (non-hydrogen) atoms. The van der Waals surface area contributed by atoms with Crippen LogP contribution in [0.5, 0.6) is 0 Å². The van der Waals surface area contributed by atoms with Gasteiger partial charge in [0.25, 0.3) is 5.91 Å². The molecular formula is C12H19N5O2S. The van der Waals surface area contributed by atoms with Gasteiger partial charge in [0.1, 0.15) is 10.7 Å². The van der Waals surface area contributed by atoms with Gasteiger partial charge in [0.05, 0.1) is 0 Å². The molecule has 1 aromatic heterocycles.